The summed E-state index contributed by atoms with van der Waals surface area (Å²) in [6.45, 7) is 5.43. The highest BCUT2D eigenvalue weighted by molar-refractivity contribution is 7.09. The number of nitrogens with one attached hydrogen (secondary N) is 1. The van der Waals surface area contributed by atoms with Gasteiger partial charge in [-0.3, -0.25) is 9.59 Å². The molecule has 0 spiro atoms. The Kier molecular flexibility index (Phi) is 8.59. The number of aryl methyl sites for hydroxylation is 2. The van der Waals surface area contributed by atoms with Crippen LogP contribution in [0.5, 0.6) is 11.5 Å². The van der Waals surface area contributed by atoms with Crippen molar-refractivity contribution in [2.24, 2.45) is 0 Å². The van der Waals surface area contributed by atoms with E-state index in [0.717, 1.165) is 36.1 Å². The Morgan fingerprint density at radius 1 is 1.14 bits per heavy atom. The Morgan fingerprint density at radius 2 is 1.94 bits per heavy atom. The zero-order chi connectivity index (χ0) is 25.5. The molecule has 1 N–H and O–H groups in total. The second-order valence-electron chi connectivity index (χ2n) is 9.05. The number of benzene rings is 2. The molecule has 4 rings (SSSR count). The maximum atomic E-state index is 13.6. The Labute approximate surface area is 216 Å². The van der Waals surface area contributed by atoms with Crippen molar-refractivity contribution >= 4 is 23.2 Å². The van der Waals surface area contributed by atoms with Gasteiger partial charge in [0.25, 0.3) is 5.91 Å². The number of carbonyl (C=O) groups is 2. The van der Waals surface area contributed by atoms with Crippen LogP contribution in [0.15, 0.2) is 48.0 Å². The molecule has 2 heterocycles. The second kappa shape index (κ2) is 12.0. The van der Waals surface area contributed by atoms with Gasteiger partial charge in [0, 0.05) is 30.0 Å². The van der Waals surface area contributed by atoms with Crippen LogP contribution >= 0.6 is 11.3 Å². The molecule has 190 valence electrons. The number of amides is 2. The van der Waals surface area contributed by atoms with Crippen LogP contribution in [0.25, 0.3) is 0 Å². The molecule has 0 bridgehead atoms. The van der Waals surface area contributed by atoms with E-state index in [0.29, 0.717) is 43.2 Å². The van der Waals surface area contributed by atoms with E-state index >= 15 is 0 Å². The predicted octanol–water partition coefficient (Wildman–Crippen LogP) is 4.70. The van der Waals surface area contributed by atoms with E-state index in [2.05, 4.69) is 10.3 Å². The Morgan fingerprint density at radius 3 is 2.67 bits per heavy atom. The largest absolute Gasteiger partial charge is 0.493 e. The summed E-state index contributed by atoms with van der Waals surface area (Å²) < 4.78 is 11.6. The molecular formula is C28H33N3O4S. The summed E-state index contributed by atoms with van der Waals surface area (Å²) in [5.74, 6) is 0.989. The van der Waals surface area contributed by atoms with Crippen LogP contribution < -0.4 is 14.8 Å². The van der Waals surface area contributed by atoms with Crippen LogP contribution in [0.3, 0.4) is 0 Å². The van der Waals surface area contributed by atoms with Gasteiger partial charge in [-0.25, -0.2) is 4.98 Å². The number of ether oxygens (including phenoxy) is 2. The minimum absolute atomic E-state index is 0.0989. The van der Waals surface area contributed by atoms with E-state index in [1.165, 1.54) is 4.88 Å². The Balaban J connectivity index is 1.54. The summed E-state index contributed by atoms with van der Waals surface area (Å²) in [4.78, 5) is 33.7. The zero-order valence-corrected chi connectivity index (χ0v) is 21.9. The molecule has 0 aliphatic carbocycles. The number of carbonyl (C=O) groups excluding carboxylic acids is 2. The Bertz CT molecular complexity index is 1190. The van der Waals surface area contributed by atoms with Crippen molar-refractivity contribution in [3.63, 3.8) is 0 Å². The smallest absolute Gasteiger partial charge is 0.254 e. The second-order valence-corrected chi connectivity index (χ2v) is 9.99. The van der Waals surface area contributed by atoms with E-state index < -0.39 is 6.04 Å². The predicted molar refractivity (Wildman–Crippen MR) is 141 cm³/mol. The summed E-state index contributed by atoms with van der Waals surface area (Å²) in [5, 5.41) is 2.97. The normalized spacial score (nSPS) is 15.6. The van der Waals surface area contributed by atoms with Crippen molar-refractivity contribution in [2.75, 3.05) is 20.3 Å². The van der Waals surface area contributed by atoms with Gasteiger partial charge in [-0.05, 0) is 62.9 Å². The molecule has 0 saturated carbocycles. The fraction of sp³-hybridized carbons (Fsp3) is 0.393. The van der Waals surface area contributed by atoms with Crippen LogP contribution in [0.4, 0.5) is 0 Å². The van der Waals surface area contributed by atoms with Crippen LogP contribution in [0, 0.1) is 13.8 Å². The maximum absolute atomic E-state index is 13.6. The molecule has 2 amide bonds. The number of hydrogen-bond acceptors (Lipinski definition) is 6. The van der Waals surface area contributed by atoms with Crippen LogP contribution in [-0.4, -0.2) is 48.0 Å². The molecule has 1 aromatic heterocycles. The molecule has 1 aliphatic rings. The first kappa shape index (κ1) is 25.7. The molecule has 1 atom stereocenters. The van der Waals surface area contributed by atoms with E-state index in [1.807, 2.05) is 61.8 Å². The molecule has 1 saturated heterocycles. The number of thiazole rings is 1. The van der Waals surface area contributed by atoms with Crippen LogP contribution in [-0.2, 0) is 17.8 Å². The van der Waals surface area contributed by atoms with Gasteiger partial charge in [-0.15, -0.1) is 11.3 Å². The van der Waals surface area contributed by atoms with Gasteiger partial charge in [0.15, 0.2) is 11.5 Å². The maximum Gasteiger partial charge on any atom is 0.254 e. The zero-order valence-electron chi connectivity index (χ0n) is 21.1. The van der Waals surface area contributed by atoms with Crippen molar-refractivity contribution in [3.8, 4) is 11.5 Å². The minimum atomic E-state index is -0.522. The molecule has 1 fully saturated rings. The average molecular weight is 508 g/mol. The van der Waals surface area contributed by atoms with Gasteiger partial charge in [-0.1, -0.05) is 23.8 Å². The highest BCUT2D eigenvalue weighted by Gasteiger charge is 2.31. The molecule has 2 aromatic carbocycles. The number of rotatable bonds is 9. The summed E-state index contributed by atoms with van der Waals surface area (Å²) in [5.41, 5.74) is 5.40. The first-order chi connectivity index (χ1) is 17.5. The van der Waals surface area contributed by atoms with Crippen LogP contribution in [0.2, 0.25) is 0 Å². The number of hydrogen-bond donors (Lipinski definition) is 1. The van der Waals surface area contributed by atoms with Gasteiger partial charge in [-0.2, -0.15) is 0 Å². The summed E-state index contributed by atoms with van der Waals surface area (Å²) >= 11 is 1.63. The molecule has 0 unspecified atom stereocenters. The average Bonchev–Trinajstić information content (AvgIpc) is 3.17. The number of methoxy groups -OCH3 is 1. The van der Waals surface area contributed by atoms with E-state index in [4.69, 9.17) is 9.47 Å². The van der Waals surface area contributed by atoms with Crippen LogP contribution in [0.1, 0.15) is 51.3 Å². The van der Waals surface area contributed by atoms with Crippen molar-refractivity contribution in [1.29, 1.82) is 0 Å². The van der Waals surface area contributed by atoms with Crippen molar-refractivity contribution in [1.82, 2.24) is 15.2 Å². The van der Waals surface area contributed by atoms with Gasteiger partial charge in [0.1, 0.15) is 6.04 Å². The fourth-order valence-corrected chi connectivity index (χ4v) is 5.11. The molecule has 36 heavy (non-hydrogen) atoms. The topological polar surface area (TPSA) is 80.8 Å². The fourth-order valence-electron chi connectivity index (χ4n) is 4.35. The Hall–Kier alpha value is -3.39. The monoisotopic (exact) mass is 507 g/mol. The minimum Gasteiger partial charge on any atom is -0.493 e. The van der Waals surface area contributed by atoms with Crippen molar-refractivity contribution < 1.29 is 19.1 Å². The first-order valence-electron chi connectivity index (χ1n) is 12.3. The summed E-state index contributed by atoms with van der Waals surface area (Å²) in [6, 6.07) is 12.6. The highest BCUT2D eigenvalue weighted by atomic mass is 32.1. The highest BCUT2D eigenvalue weighted by Crippen LogP contribution is 2.30. The number of aromatic nitrogens is 1. The SMILES string of the molecule is COc1cc(CN(C(=O)c2ccc(C)cc2)[C@H]2CCCCNC2=O)ccc1OCCc1scnc1C. The van der Waals surface area contributed by atoms with Crippen molar-refractivity contribution in [2.45, 2.75) is 52.1 Å². The third kappa shape index (κ3) is 6.23. The third-order valence-corrected chi connectivity index (χ3v) is 7.45. The first-order valence-corrected chi connectivity index (χ1v) is 13.2. The lowest BCUT2D eigenvalue weighted by atomic mass is 10.0. The number of nitrogens with zero attached hydrogens (tertiary/aromatic N) is 2. The van der Waals surface area contributed by atoms with E-state index in [-0.39, 0.29) is 11.8 Å². The van der Waals surface area contributed by atoms with E-state index in [1.54, 1.807) is 23.3 Å². The molecule has 0 radical (unpaired) electrons. The lowest BCUT2D eigenvalue weighted by molar-refractivity contribution is -0.125. The molecule has 7 nitrogen and oxygen atoms in total. The van der Waals surface area contributed by atoms with E-state index in [9.17, 15) is 9.59 Å². The van der Waals surface area contributed by atoms with Gasteiger partial charge in [0.05, 0.1) is 24.9 Å². The molecule has 3 aromatic rings. The van der Waals surface area contributed by atoms with Gasteiger partial charge in [0.2, 0.25) is 5.91 Å². The third-order valence-electron chi connectivity index (χ3n) is 6.45. The molecular weight excluding hydrogens is 474 g/mol. The van der Waals surface area contributed by atoms with Gasteiger partial charge >= 0.3 is 0 Å². The summed E-state index contributed by atoms with van der Waals surface area (Å²) in [7, 11) is 1.60. The van der Waals surface area contributed by atoms with Gasteiger partial charge < -0.3 is 19.7 Å². The summed E-state index contributed by atoms with van der Waals surface area (Å²) in [6.07, 6.45) is 3.21. The van der Waals surface area contributed by atoms with Crippen molar-refractivity contribution in [3.05, 3.63) is 75.2 Å². The molecule has 1 aliphatic heterocycles. The standard InChI is InChI=1S/C28H33N3O4S/c1-19-7-10-22(11-8-19)28(33)31(23-6-4-5-14-29-27(23)32)17-21-9-12-24(25(16-21)34-3)35-15-13-26-20(2)30-18-36-26/h7-12,16,18,23H,4-6,13-15,17H2,1-3H3,(H,29,32)/t23-/m0/s1. The lowest BCUT2D eigenvalue weighted by Crippen LogP contribution is -2.48. The quantitative estimate of drug-likeness (QED) is 0.454. The lowest BCUT2D eigenvalue weighted by Gasteiger charge is -2.30. The molecule has 8 heteroatoms.